The van der Waals surface area contributed by atoms with Gasteiger partial charge in [0.2, 0.25) is 0 Å². The lowest BCUT2D eigenvalue weighted by atomic mass is 9.61. The summed E-state index contributed by atoms with van der Waals surface area (Å²) in [6.07, 6.45) is 21.0. The number of halogens is 1. The lowest BCUT2D eigenvalue weighted by molar-refractivity contribution is -0.130. The summed E-state index contributed by atoms with van der Waals surface area (Å²) < 4.78 is 0. The third-order valence-electron chi connectivity index (χ3n) is 12.7. The van der Waals surface area contributed by atoms with Crippen LogP contribution in [0.1, 0.15) is 172 Å². The van der Waals surface area contributed by atoms with E-state index in [0.29, 0.717) is 33.4 Å². The summed E-state index contributed by atoms with van der Waals surface area (Å²) in [4.78, 5) is 14.4. The minimum absolute atomic E-state index is 0.330. The molecule has 4 saturated carbocycles. The summed E-state index contributed by atoms with van der Waals surface area (Å²) in [6.45, 7) is 24.1. The van der Waals surface area contributed by atoms with Crippen molar-refractivity contribution in [3.05, 3.63) is 10.6 Å². The molecule has 0 heterocycles. The Hall–Kier alpha value is -0.110. The standard InChI is InChI=1S/C20H35Br.C19H34O/c1-15(8-6-12-19(2,3)4)17-10-11-18-16(14-21)9-7-13-20(17,18)5;1-14(8-6-12-18(2,3)4)15-10-11-16-17(20)9-7-13-19(15,16)5/h14-15,17-18H,6-13H2,1-5H3;14-16H,6-13H2,1-5H3/b16-14+;/t15-,17-,18+,20-;14-,15-,16+,19-/m11/s1. The van der Waals surface area contributed by atoms with Gasteiger partial charge in [0.15, 0.2) is 0 Å². The van der Waals surface area contributed by atoms with Crippen molar-refractivity contribution in [2.24, 2.45) is 57.2 Å². The second kappa shape index (κ2) is 14.3. The van der Waals surface area contributed by atoms with Crippen LogP contribution in [0, 0.1) is 57.2 Å². The largest absolute Gasteiger partial charge is 0.299 e. The van der Waals surface area contributed by atoms with E-state index in [1.807, 2.05) is 0 Å². The van der Waals surface area contributed by atoms with Gasteiger partial charge in [-0.2, -0.15) is 0 Å². The summed E-state index contributed by atoms with van der Waals surface area (Å²) in [5, 5.41) is 0. The number of carbonyl (C=O) groups is 1. The van der Waals surface area contributed by atoms with Crippen LogP contribution < -0.4 is 0 Å². The summed E-state index contributed by atoms with van der Waals surface area (Å²) in [5.41, 5.74) is 3.57. The summed E-state index contributed by atoms with van der Waals surface area (Å²) >= 11 is 3.63. The molecule has 0 N–H and O–H groups in total. The first kappa shape index (κ1) is 35.4. The molecule has 0 saturated heterocycles. The molecule has 238 valence electrons. The smallest absolute Gasteiger partial charge is 0.136 e. The van der Waals surface area contributed by atoms with Crippen LogP contribution in [0.4, 0.5) is 0 Å². The van der Waals surface area contributed by atoms with E-state index in [1.54, 1.807) is 5.57 Å². The van der Waals surface area contributed by atoms with Crippen LogP contribution in [0.25, 0.3) is 0 Å². The number of fused-ring (bicyclic) bond motifs is 2. The fourth-order valence-corrected chi connectivity index (χ4v) is 10.9. The maximum atomic E-state index is 12.2. The molecule has 4 fully saturated rings. The zero-order valence-corrected chi connectivity index (χ0v) is 30.7. The van der Waals surface area contributed by atoms with E-state index in [2.05, 4.69) is 90.2 Å². The van der Waals surface area contributed by atoms with E-state index in [4.69, 9.17) is 0 Å². The molecule has 0 bridgehead atoms. The van der Waals surface area contributed by atoms with Crippen molar-refractivity contribution in [2.45, 2.75) is 172 Å². The molecular weight excluding hydrogens is 564 g/mol. The van der Waals surface area contributed by atoms with E-state index < -0.39 is 0 Å². The Bertz CT molecular complexity index is 873. The molecule has 4 aliphatic carbocycles. The highest BCUT2D eigenvalue weighted by Gasteiger charge is 2.52. The van der Waals surface area contributed by atoms with Gasteiger partial charge < -0.3 is 0 Å². The number of rotatable bonds is 8. The van der Waals surface area contributed by atoms with Crippen LogP contribution >= 0.6 is 15.9 Å². The van der Waals surface area contributed by atoms with E-state index in [0.717, 1.165) is 42.4 Å². The third kappa shape index (κ3) is 8.97. The highest BCUT2D eigenvalue weighted by atomic mass is 79.9. The van der Waals surface area contributed by atoms with Crippen LogP contribution in [0.5, 0.6) is 0 Å². The van der Waals surface area contributed by atoms with Gasteiger partial charge in [-0.1, -0.05) is 116 Å². The lowest BCUT2D eigenvalue weighted by Crippen LogP contribution is -2.39. The van der Waals surface area contributed by atoms with Gasteiger partial charge in [0.05, 0.1) is 0 Å². The quantitative estimate of drug-likeness (QED) is 0.260. The van der Waals surface area contributed by atoms with Crippen LogP contribution in [0.15, 0.2) is 10.6 Å². The Morgan fingerprint density at radius 2 is 1.20 bits per heavy atom. The van der Waals surface area contributed by atoms with Crippen molar-refractivity contribution in [1.82, 2.24) is 0 Å². The van der Waals surface area contributed by atoms with Crippen molar-refractivity contribution in [1.29, 1.82) is 0 Å². The van der Waals surface area contributed by atoms with Crippen molar-refractivity contribution in [3.63, 3.8) is 0 Å². The summed E-state index contributed by atoms with van der Waals surface area (Å²) in [5.74, 6) is 5.26. The van der Waals surface area contributed by atoms with Gasteiger partial charge in [-0.05, 0) is 127 Å². The molecule has 1 nitrogen and oxygen atoms in total. The Balaban J connectivity index is 0.000000226. The highest BCUT2D eigenvalue weighted by Crippen LogP contribution is 2.60. The maximum Gasteiger partial charge on any atom is 0.136 e. The monoisotopic (exact) mass is 632 g/mol. The number of hydrogen-bond acceptors (Lipinski definition) is 1. The number of hydrogen-bond donors (Lipinski definition) is 0. The average Bonchev–Trinajstić information content (AvgIpc) is 3.40. The second-order valence-electron chi connectivity index (χ2n) is 18.2. The topological polar surface area (TPSA) is 17.1 Å². The van der Waals surface area contributed by atoms with Gasteiger partial charge in [-0.25, -0.2) is 0 Å². The SMILES string of the molecule is C[C@H](CCCC(C)(C)C)[C@H]1CC[C@H]2/C(=C/Br)CCC[C@]12C.C[C@H](CCCC(C)(C)C)[C@H]1CC[C@H]2C(=O)CCC[C@]12C. The summed E-state index contributed by atoms with van der Waals surface area (Å²) in [6, 6.07) is 0. The van der Waals surface area contributed by atoms with E-state index >= 15 is 0 Å². The van der Waals surface area contributed by atoms with Gasteiger partial charge in [0.25, 0.3) is 0 Å². The fourth-order valence-electron chi connectivity index (χ4n) is 10.4. The molecule has 8 atom stereocenters. The van der Waals surface area contributed by atoms with Gasteiger partial charge >= 0.3 is 0 Å². The first-order valence-electron chi connectivity index (χ1n) is 17.8. The molecule has 0 unspecified atom stereocenters. The van der Waals surface area contributed by atoms with Gasteiger partial charge in [0, 0.05) is 12.3 Å². The third-order valence-corrected chi connectivity index (χ3v) is 13.2. The Morgan fingerprint density at radius 1 is 0.756 bits per heavy atom. The number of carbonyl (C=O) groups excluding carboxylic acids is 1. The first-order valence-corrected chi connectivity index (χ1v) is 18.8. The minimum Gasteiger partial charge on any atom is -0.299 e. The summed E-state index contributed by atoms with van der Waals surface area (Å²) in [7, 11) is 0. The Morgan fingerprint density at radius 3 is 1.66 bits per heavy atom. The molecule has 0 aromatic heterocycles. The average molecular weight is 634 g/mol. The van der Waals surface area contributed by atoms with Crippen molar-refractivity contribution < 1.29 is 4.79 Å². The molecule has 0 amide bonds. The zero-order valence-electron chi connectivity index (χ0n) is 29.1. The highest BCUT2D eigenvalue weighted by molar-refractivity contribution is 9.11. The molecule has 0 aromatic rings. The molecule has 0 radical (unpaired) electrons. The van der Waals surface area contributed by atoms with E-state index in [1.165, 1.54) is 89.9 Å². The van der Waals surface area contributed by atoms with Crippen molar-refractivity contribution in [2.75, 3.05) is 0 Å². The number of Topliss-reactive ketones (excluding diaryl/α,β-unsaturated/α-hetero) is 1. The Kier molecular flexibility index (Phi) is 12.4. The van der Waals surface area contributed by atoms with Crippen molar-refractivity contribution >= 4 is 21.7 Å². The maximum absolute atomic E-state index is 12.2. The predicted octanol–water partition coefficient (Wildman–Crippen LogP) is 13.0. The second-order valence-corrected chi connectivity index (χ2v) is 18.7. The normalized spacial score (nSPS) is 36.4. The Labute approximate surface area is 265 Å². The number of ketones is 1. The predicted molar refractivity (Wildman–Crippen MR) is 183 cm³/mol. The minimum atomic E-state index is 0.330. The number of allylic oxidation sites excluding steroid dienone is 1. The van der Waals surface area contributed by atoms with Gasteiger partial charge in [0.1, 0.15) is 5.78 Å². The fraction of sp³-hybridized carbons (Fsp3) is 0.923. The van der Waals surface area contributed by atoms with Crippen LogP contribution in [-0.2, 0) is 4.79 Å². The molecule has 0 spiro atoms. The molecule has 41 heavy (non-hydrogen) atoms. The lowest BCUT2D eigenvalue weighted by Gasteiger charge is -2.44. The van der Waals surface area contributed by atoms with Crippen LogP contribution in [-0.4, -0.2) is 5.78 Å². The molecular formula is C39H69BrO. The van der Waals surface area contributed by atoms with Gasteiger partial charge in [-0.15, -0.1) is 0 Å². The first-order chi connectivity index (χ1) is 19.0. The van der Waals surface area contributed by atoms with Crippen LogP contribution in [0.2, 0.25) is 0 Å². The van der Waals surface area contributed by atoms with Crippen LogP contribution in [0.3, 0.4) is 0 Å². The zero-order chi connectivity index (χ0) is 30.6. The molecule has 0 aromatic carbocycles. The van der Waals surface area contributed by atoms with E-state index in [9.17, 15) is 4.79 Å². The van der Waals surface area contributed by atoms with E-state index in [-0.39, 0.29) is 0 Å². The molecule has 4 aliphatic rings. The molecule has 4 rings (SSSR count). The van der Waals surface area contributed by atoms with Crippen molar-refractivity contribution in [3.8, 4) is 0 Å². The van der Waals surface area contributed by atoms with Gasteiger partial charge in [-0.3, -0.25) is 4.79 Å². The molecule has 2 heteroatoms. The molecule has 0 aliphatic heterocycles.